The molecule has 0 fully saturated rings. The van der Waals surface area contributed by atoms with E-state index in [1.807, 2.05) is 37.3 Å². The van der Waals surface area contributed by atoms with Gasteiger partial charge in [0.2, 0.25) is 0 Å². The number of nitrogens with zero attached hydrogens (tertiary/aromatic N) is 2. The van der Waals surface area contributed by atoms with Crippen LogP contribution in [0.3, 0.4) is 0 Å². The quantitative estimate of drug-likeness (QED) is 0.859. The van der Waals surface area contributed by atoms with Crippen LogP contribution in [0.15, 0.2) is 59.7 Å². The van der Waals surface area contributed by atoms with Gasteiger partial charge in [-0.15, -0.1) is 11.8 Å². The zero-order valence-electron chi connectivity index (χ0n) is 13.9. The Morgan fingerprint density at radius 3 is 2.60 bits per heavy atom. The van der Waals surface area contributed by atoms with Crippen molar-refractivity contribution < 1.29 is 9.90 Å². The van der Waals surface area contributed by atoms with E-state index in [9.17, 15) is 9.90 Å². The van der Waals surface area contributed by atoms with Crippen LogP contribution in [0, 0.1) is 0 Å². The summed E-state index contributed by atoms with van der Waals surface area (Å²) in [6.07, 6.45) is 0.295. The zero-order chi connectivity index (χ0) is 17.9. The number of carbonyl (C=O) groups is 1. The first kappa shape index (κ1) is 18.0. The maximum Gasteiger partial charge on any atom is 0.255 e. The molecule has 1 N–H and O–H groups in total. The number of benzene rings is 2. The lowest BCUT2D eigenvalue weighted by atomic mass is 9.98. The molecule has 1 amide bonds. The third-order valence-corrected chi connectivity index (χ3v) is 5.24. The van der Waals surface area contributed by atoms with E-state index in [-0.39, 0.29) is 11.7 Å². The van der Waals surface area contributed by atoms with Gasteiger partial charge in [-0.05, 0) is 24.6 Å². The molecule has 130 valence electrons. The maximum absolute atomic E-state index is 12.6. The van der Waals surface area contributed by atoms with Gasteiger partial charge in [-0.25, -0.2) is 0 Å². The molecule has 1 aliphatic rings. The van der Waals surface area contributed by atoms with Crippen molar-refractivity contribution in [2.45, 2.75) is 24.8 Å². The van der Waals surface area contributed by atoms with Crippen molar-refractivity contribution in [1.29, 1.82) is 0 Å². The van der Waals surface area contributed by atoms with Crippen molar-refractivity contribution >= 4 is 35.0 Å². The topological polar surface area (TPSA) is 52.9 Å². The second-order valence-corrected chi connectivity index (χ2v) is 7.44. The van der Waals surface area contributed by atoms with Gasteiger partial charge in [-0.1, -0.05) is 54.1 Å². The molecule has 2 aromatic rings. The standard InChI is InChI=1S/C19H19ClN2O2S/c1-14-11-19(24,16-7-9-17(20)10-8-16)22(21-14)18(23)13-25-12-15-5-3-2-4-6-15/h2-10,24H,11-13H2,1H3. The number of hydrogen-bond donors (Lipinski definition) is 1. The summed E-state index contributed by atoms with van der Waals surface area (Å²) in [5.41, 5.74) is 1.05. The van der Waals surface area contributed by atoms with Crippen molar-refractivity contribution in [2.24, 2.45) is 5.10 Å². The molecule has 0 aliphatic carbocycles. The van der Waals surface area contributed by atoms with Crippen molar-refractivity contribution in [3.8, 4) is 0 Å². The Morgan fingerprint density at radius 2 is 1.92 bits per heavy atom. The number of hydrogen-bond acceptors (Lipinski definition) is 4. The van der Waals surface area contributed by atoms with Crippen molar-refractivity contribution in [3.05, 3.63) is 70.7 Å². The van der Waals surface area contributed by atoms with Crippen LogP contribution >= 0.6 is 23.4 Å². The molecule has 1 atom stereocenters. The van der Waals surface area contributed by atoms with Gasteiger partial charge < -0.3 is 5.11 Å². The second-order valence-electron chi connectivity index (χ2n) is 6.02. The van der Waals surface area contributed by atoms with E-state index in [2.05, 4.69) is 5.10 Å². The fraction of sp³-hybridized carbons (Fsp3) is 0.263. The summed E-state index contributed by atoms with van der Waals surface area (Å²) in [6.45, 7) is 1.81. The Labute approximate surface area is 156 Å². The number of hydrazone groups is 1. The number of thioether (sulfide) groups is 1. The Morgan fingerprint density at radius 1 is 1.24 bits per heavy atom. The summed E-state index contributed by atoms with van der Waals surface area (Å²) in [5.74, 6) is 0.777. The average Bonchev–Trinajstić information content (AvgIpc) is 2.92. The predicted molar refractivity (Wildman–Crippen MR) is 103 cm³/mol. The predicted octanol–water partition coefficient (Wildman–Crippen LogP) is 4.03. The fourth-order valence-corrected chi connectivity index (χ4v) is 3.77. The van der Waals surface area contributed by atoms with Gasteiger partial charge in [-0.2, -0.15) is 10.1 Å². The van der Waals surface area contributed by atoms with Crippen LogP contribution in [-0.4, -0.2) is 27.5 Å². The van der Waals surface area contributed by atoms with Gasteiger partial charge in [-0.3, -0.25) is 4.79 Å². The molecule has 0 spiro atoms. The summed E-state index contributed by atoms with van der Waals surface area (Å²) >= 11 is 7.43. The van der Waals surface area contributed by atoms with Gasteiger partial charge in [0.25, 0.3) is 5.91 Å². The highest BCUT2D eigenvalue weighted by Gasteiger charge is 2.44. The van der Waals surface area contributed by atoms with Crippen LogP contribution < -0.4 is 0 Å². The summed E-state index contributed by atoms with van der Waals surface area (Å²) in [7, 11) is 0. The van der Waals surface area contributed by atoms with Crippen LogP contribution in [0.1, 0.15) is 24.5 Å². The van der Waals surface area contributed by atoms with Gasteiger partial charge in [0, 0.05) is 28.5 Å². The lowest BCUT2D eigenvalue weighted by Gasteiger charge is -2.31. The monoisotopic (exact) mass is 374 g/mol. The number of rotatable bonds is 5. The lowest BCUT2D eigenvalue weighted by molar-refractivity contribution is -0.154. The Balaban J connectivity index is 1.69. The van der Waals surface area contributed by atoms with E-state index < -0.39 is 5.72 Å². The smallest absolute Gasteiger partial charge is 0.255 e. The fourth-order valence-electron chi connectivity index (χ4n) is 2.82. The molecular formula is C19H19ClN2O2S. The lowest BCUT2D eigenvalue weighted by Crippen LogP contribution is -2.44. The van der Waals surface area contributed by atoms with Crippen molar-refractivity contribution in [1.82, 2.24) is 5.01 Å². The Hall–Kier alpha value is -1.82. The van der Waals surface area contributed by atoms with Crippen LogP contribution in [0.4, 0.5) is 0 Å². The summed E-state index contributed by atoms with van der Waals surface area (Å²) in [5, 5.41) is 17.2. The van der Waals surface area contributed by atoms with Gasteiger partial charge in [0.15, 0.2) is 5.72 Å². The Kier molecular flexibility index (Phi) is 5.47. The SMILES string of the molecule is CC1=NN(C(=O)CSCc2ccccc2)C(O)(c2ccc(Cl)cc2)C1. The average molecular weight is 375 g/mol. The van der Waals surface area contributed by atoms with Crippen molar-refractivity contribution in [2.75, 3.05) is 5.75 Å². The summed E-state index contributed by atoms with van der Waals surface area (Å²) < 4.78 is 0. The summed E-state index contributed by atoms with van der Waals surface area (Å²) in [6, 6.07) is 16.8. The number of aliphatic hydroxyl groups is 1. The molecule has 0 bridgehead atoms. The second kappa shape index (κ2) is 7.60. The first-order valence-corrected chi connectivity index (χ1v) is 9.49. The molecule has 0 aromatic heterocycles. The van der Waals surface area contributed by atoms with E-state index in [4.69, 9.17) is 11.6 Å². The highest BCUT2D eigenvalue weighted by molar-refractivity contribution is 7.99. The molecule has 1 aliphatic heterocycles. The highest BCUT2D eigenvalue weighted by atomic mass is 35.5. The van der Waals surface area contributed by atoms with Crippen LogP contribution in [0.25, 0.3) is 0 Å². The largest absolute Gasteiger partial charge is 0.365 e. The van der Waals surface area contributed by atoms with Crippen LogP contribution in [-0.2, 0) is 16.3 Å². The third-order valence-electron chi connectivity index (χ3n) is 4.00. The van der Waals surface area contributed by atoms with Crippen LogP contribution in [0.2, 0.25) is 5.02 Å². The molecule has 0 saturated heterocycles. The molecule has 4 nitrogen and oxygen atoms in total. The normalized spacial score (nSPS) is 19.8. The van der Waals surface area contributed by atoms with E-state index in [1.165, 1.54) is 16.8 Å². The Bertz CT molecular complexity index is 780. The molecule has 1 unspecified atom stereocenters. The van der Waals surface area contributed by atoms with E-state index >= 15 is 0 Å². The van der Waals surface area contributed by atoms with E-state index in [1.54, 1.807) is 24.3 Å². The van der Waals surface area contributed by atoms with Gasteiger partial charge in [0.05, 0.1) is 5.75 Å². The van der Waals surface area contributed by atoms with Gasteiger partial charge >= 0.3 is 0 Å². The number of amides is 1. The van der Waals surface area contributed by atoms with Crippen LogP contribution in [0.5, 0.6) is 0 Å². The first-order valence-electron chi connectivity index (χ1n) is 7.96. The minimum Gasteiger partial charge on any atom is -0.365 e. The van der Waals surface area contributed by atoms with E-state index in [0.717, 1.165) is 17.0 Å². The minimum atomic E-state index is -1.45. The maximum atomic E-state index is 12.6. The molecule has 3 rings (SSSR count). The summed E-state index contributed by atoms with van der Waals surface area (Å²) in [4.78, 5) is 12.6. The molecular weight excluding hydrogens is 356 g/mol. The molecule has 25 heavy (non-hydrogen) atoms. The zero-order valence-corrected chi connectivity index (χ0v) is 15.4. The molecule has 1 heterocycles. The molecule has 0 radical (unpaired) electrons. The number of halogens is 1. The first-order chi connectivity index (χ1) is 12.0. The van der Waals surface area contributed by atoms with Crippen molar-refractivity contribution in [3.63, 3.8) is 0 Å². The third kappa shape index (κ3) is 4.06. The molecule has 6 heteroatoms. The minimum absolute atomic E-state index is 0.213. The van der Waals surface area contributed by atoms with E-state index in [0.29, 0.717) is 17.0 Å². The highest BCUT2D eigenvalue weighted by Crippen LogP contribution is 2.36. The van der Waals surface area contributed by atoms with Gasteiger partial charge in [0.1, 0.15) is 0 Å². The number of carbonyl (C=O) groups excluding carboxylic acids is 1. The molecule has 2 aromatic carbocycles. The molecule has 0 saturated carbocycles.